The number of allylic oxidation sites excluding steroid dienone is 2. The van der Waals surface area contributed by atoms with Gasteiger partial charge in [-0.25, -0.2) is 0 Å². The van der Waals surface area contributed by atoms with E-state index >= 15 is 0 Å². The fraction of sp³-hybridized carbons (Fsp3) is 0.450. The molecule has 1 aliphatic heterocycles. The number of amides is 3. The Hall–Kier alpha value is -2.63. The van der Waals surface area contributed by atoms with E-state index in [0.29, 0.717) is 25.9 Å². The van der Waals surface area contributed by atoms with Crippen LogP contribution < -0.4 is 10.2 Å². The topological polar surface area (TPSA) is 69.7 Å². The minimum Gasteiger partial charge on any atom is -0.373 e. The first-order valence-electron chi connectivity index (χ1n) is 9.11. The summed E-state index contributed by atoms with van der Waals surface area (Å²) in [6.07, 6.45) is 5.34. The highest BCUT2D eigenvalue weighted by molar-refractivity contribution is 6.05. The van der Waals surface area contributed by atoms with Crippen LogP contribution in [0.15, 0.2) is 42.5 Å². The molecule has 6 heteroatoms. The fourth-order valence-electron chi connectivity index (χ4n) is 3.57. The summed E-state index contributed by atoms with van der Waals surface area (Å²) in [5.41, 5.74) is 1.09. The molecule has 1 saturated heterocycles. The van der Waals surface area contributed by atoms with Crippen molar-refractivity contribution >= 4 is 23.4 Å². The average Bonchev–Trinajstić information content (AvgIpc) is 2.91. The Morgan fingerprint density at radius 3 is 2.35 bits per heavy atom. The summed E-state index contributed by atoms with van der Waals surface area (Å²) in [7, 11) is 1.97. The molecule has 1 aromatic rings. The van der Waals surface area contributed by atoms with Gasteiger partial charge in [0.1, 0.15) is 0 Å². The molecule has 1 aromatic carbocycles. The first kappa shape index (κ1) is 18.2. The van der Waals surface area contributed by atoms with Crippen molar-refractivity contribution in [3.05, 3.63) is 42.5 Å². The van der Waals surface area contributed by atoms with E-state index in [1.54, 1.807) is 0 Å². The molecule has 1 heterocycles. The Labute approximate surface area is 153 Å². The largest absolute Gasteiger partial charge is 0.373 e. The predicted molar refractivity (Wildman–Crippen MR) is 99.4 cm³/mol. The zero-order valence-electron chi connectivity index (χ0n) is 15.1. The quantitative estimate of drug-likeness (QED) is 0.596. The van der Waals surface area contributed by atoms with Crippen LogP contribution in [0.4, 0.5) is 5.69 Å². The van der Waals surface area contributed by atoms with Gasteiger partial charge in [-0.15, -0.1) is 0 Å². The molecule has 2 atom stereocenters. The number of likely N-dealkylation sites (tertiary alicyclic amines) is 1. The minimum absolute atomic E-state index is 0.124. The lowest BCUT2D eigenvalue weighted by Crippen LogP contribution is -2.37. The number of carbonyl (C=O) groups excluding carboxylic acids is 3. The van der Waals surface area contributed by atoms with Crippen molar-refractivity contribution in [1.29, 1.82) is 0 Å². The first-order valence-corrected chi connectivity index (χ1v) is 9.11. The van der Waals surface area contributed by atoms with Crippen molar-refractivity contribution < 1.29 is 14.4 Å². The second-order valence-corrected chi connectivity index (χ2v) is 6.84. The SMILES string of the molecule is CN(CCNC(=O)CCN1C(=O)[C@H]2CC=CC[C@H]2C1=O)c1ccccc1. The average molecular weight is 355 g/mol. The second kappa shape index (κ2) is 8.17. The van der Waals surface area contributed by atoms with E-state index < -0.39 is 0 Å². The zero-order valence-corrected chi connectivity index (χ0v) is 15.1. The summed E-state index contributed by atoms with van der Waals surface area (Å²) in [6, 6.07) is 9.94. The highest BCUT2D eigenvalue weighted by Gasteiger charge is 2.46. The molecule has 1 aliphatic carbocycles. The summed E-state index contributed by atoms with van der Waals surface area (Å²) < 4.78 is 0. The molecule has 1 fully saturated rings. The number of para-hydroxylation sites is 1. The van der Waals surface area contributed by atoms with Crippen LogP contribution in [0.3, 0.4) is 0 Å². The van der Waals surface area contributed by atoms with Crippen molar-refractivity contribution in [3.63, 3.8) is 0 Å². The van der Waals surface area contributed by atoms with Gasteiger partial charge in [0.15, 0.2) is 0 Å². The number of benzene rings is 1. The smallest absolute Gasteiger partial charge is 0.233 e. The minimum atomic E-state index is -0.227. The van der Waals surface area contributed by atoms with Gasteiger partial charge in [0.25, 0.3) is 0 Å². The Balaban J connectivity index is 1.40. The van der Waals surface area contributed by atoms with Crippen LogP contribution in [0.2, 0.25) is 0 Å². The van der Waals surface area contributed by atoms with Gasteiger partial charge in [-0.3, -0.25) is 19.3 Å². The predicted octanol–water partition coefficient (Wildman–Crippen LogP) is 1.58. The molecule has 3 rings (SSSR count). The van der Waals surface area contributed by atoms with Crippen molar-refractivity contribution in [1.82, 2.24) is 10.2 Å². The molecule has 138 valence electrons. The number of fused-ring (bicyclic) bond motifs is 1. The molecule has 0 spiro atoms. The van der Waals surface area contributed by atoms with Gasteiger partial charge in [-0.05, 0) is 25.0 Å². The summed E-state index contributed by atoms with van der Waals surface area (Å²) in [5, 5.41) is 2.86. The molecule has 0 aromatic heterocycles. The Kier molecular flexibility index (Phi) is 5.71. The van der Waals surface area contributed by atoms with Crippen molar-refractivity contribution in [2.24, 2.45) is 11.8 Å². The number of hydrogen-bond acceptors (Lipinski definition) is 4. The Morgan fingerprint density at radius 1 is 1.12 bits per heavy atom. The molecule has 2 aliphatic rings. The third-order valence-corrected chi connectivity index (χ3v) is 5.13. The number of carbonyl (C=O) groups is 3. The van der Waals surface area contributed by atoms with E-state index in [1.165, 1.54) is 4.90 Å². The number of likely N-dealkylation sites (N-methyl/N-ethyl adjacent to an activating group) is 1. The van der Waals surface area contributed by atoms with Gasteiger partial charge in [0, 0.05) is 38.8 Å². The monoisotopic (exact) mass is 355 g/mol. The number of nitrogens with one attached hydrogen (secondary N) is 1. The van der Waals surface area contributed by atoms with Gasteiger partial charge >= 0.3 is 0 Å². The molecule has 6 nitrogen and oxygen atoms in total. The third kappa shape index (κ3) is 3.95. The van der Waals surface area contributed by atoms with Gasteiger partial charge in [-0.1, -0.05) is 30.4 Å². The molecule has 0 saturated carbocycles. The van der Waals surface area contributed by atoms with Crippen LogP contribution in [0.1, 0.15) is 19.3 Å². The normalized spacial score (nSPS) is 21.7. The van der Waals surface area contributed by atoms with Gasteiger partial charge < -0.3 is 10.2 Å². The molecule has 1 N–H and O–H groups in total. The highest BCUT2D eigenvalue weighted by atomic mass is 16.2. The maximum Gasteiger partial charge on any atom is 0.233 e. The summed E-state index contributed by atoms with van der Waals surface area (Å²) in [4.78, 5) is 40.1. The van der Waals surface area contributed by atoms with Crippen LogP contribution >= 0.6 is 0 Å². The fourth-order valence-corrected chi connectivity index (χ4v) is 3.57. The van der Waals surface area contributed by atoms with E-state index in [-0.39, 0.29) is 42.5 Å². The van der Waals surface area contributed by atoms with Crippen molar-refractivity contribution in [2.45, 2.75) is 19.3 Å². The number of nitrogens with zero attached hydrogens (tertiary/aromatic N) is 2. The maximum absolute atomic E-state index is 12.4. The van der Waals surface area contributed by atoms with E-state index in [4.69, 9.17) is 0 Å². The maximum atomic E-state index is 12.4. The summed E-state index contributed by atoms with van der Waals surface area (Å²) in [5.74, 6) is -0.841. The Morgan fingerprint density at radius 2 is 1.73 bits per heavy atom. The van der Waals surface area contributed by atoms with Crippen molar-refractivity contribution in [2.75, 3.05) is 31.6 Å². The third-order valence-electron chi connectivity index (χ3n) is 5.13. The molecule has 26 heavy (non-hydrogen) atoms. The molecule has 0 unspecified atom stereocenters. The molecule has 0 radical (unpaired) electrons. The number of hydrogen-bond donors (Lipinski definition) is 1. The summed E-state index contributed by atoms with van der Waals surface area (Å²) >= 11 is 0. The highest BCUT2D eigenvalue weighted by Crippen LogP contribution is 2.34. The van der Waals surface area contributed by atoms with E-state index in [2.05, 4.69) is 10.2 Å². The number of anilines is 1. The van der Waals surface area contributed by atoms with E-state index in [9.17, 15) is 14.4 Å². The van der Waals surface area contributed by atoms with Crippen molar-refractivity contribution in [3.8, 4) is 0 Å². The molecular formula is C20H25N3O3. The van der Waals surface area contributed by atoms with Gasteiger partial charge in [0.2, 0.25) is 17.7 Å². The van der Waals surface area contributed by atoms with E-state index in [1.807, 2.05) is 49.5 Å². The summed E-state index contributed by atoms with van der Waals surface area (Å²) in [6.45, 7) is 1.37. The van der Waals surface area contributed by atoms with Gasteiger partial charge in [0.05, 0.1) is 11.8 Å². The lowest BCUT2D eigenvalue weighted by Gasteiger charge is -2.19. The zero-order chi connectivity index (χ0) is 18.5. The van der Waals surface area contributed by atoms with Crippen LogP contribution in [0.5, 0.6) is 0 Å². The Bertz CT molecular complexity index is 676. The number of rotatable bonds is 7. The van der Waals surface area contributed by atoms with Crippen LogP contribution in [0.25, 0.3) is 0 Å². The molecular weight excluding hydrogens is 330 g/mol. The first-order chi connectivity index (χ1) is 12.6. The lowest BCUT2D eigenvalue weighted by atomic mass is 9.85. The molecule has 0 bridgehead atoms. The van der Waals surface area contributed by atoms with Crippen LogP contribution in [-0.4, -0.2) is 49.3 Å². The van der Waals surface area contributed by atoms with Crippen LogP contribution in [0, 0.1) is 11.8 Å². The standard InChI is InChI=1S/C20H25N3O3/c1-22(15-7-3-2-4-8-15)14-12-21-18(24)11-13-23-19(25)16-9-5-6-10-17(16)20(23)26/h2-8,16-17H,9-14H2,1H3,(H,21,24)/t16-,17+. The lowest BCUT2D eigenvalue weighted by molar-refractivity contribution is -0.140. The second-order valence-electron chi connectivity index (χ2n) is 6.84. The molecule has 3 amide bonds. The number of imide groups is 1. The van der Waals surface area contributed by atoms with E-state index in [0.717, 1.165) is 5.69 Å². The van der Waals surface area contributed by atoms with Crippen LogP contribution in [-0.2, 0) is 14.4 Å². The van der Waals surface area contributed by atoms with Gasteiger partial charge in [-0.2, -0.15) is 0 Å².